The van der Waals surface area contributed by atoms with Crippen molar-refractivity contribution in [3.05, 3.63) is 66.2 Å². The summed E-state index contributed by atoms with van der Waals surface area (Å²) in [5, 5.41) is 20.0. The first-order chi connectivity index (χ1) is 18.0. The normalized spacial score (nSPS) is 32.9. The van der Waals surface area contributed by atoms with E-state index in [1.807, 2.05) is 4.98 Å². The summed E-state index contributed by atoms with van der Waals surface area (Å²) >= 11 is 5.03. The summed E-state index contributed by atoms with van der Waals surface area (Å²) in [6, 6.07) is 2.04. The van der Waals surface area contributed by atoms with Gasteiger partial charge in [-0.1, -0.05) is 0 Å². The number of ether oxygens (including phenoxy) is 3. The Hall–Kier alpha value is -2.38. The van der Waals surface area contributed by atoms with Gasteiger partial charge < -0.3 is 33.8 Å². The van der Waals surface area contributed by atoms with Crippen LogP contribution in [0.1, 0.15) is 12.5 Å². The lowest BCUT2D eigenvalue weighted by Crippen LogP contribution is -2.40. The van der Waals surface area contributed by atoms with Gasteiger partial charge in [0.1, 0.15) is 30.5 Å². The number of aliphatic hydroxyl groups is 2. The number of aromatic amines is 2. The van der Waals surface area contributed by atoms with Crippen LogP contribution in [0.25, 0.3) is 0 Å². The first-order valence-corrected chi connectivity index (χ1v) is 13.6. The van der Waals surface area contributed by atoms with Crippen molar-refractivity contribution in [2.75, 3.05) is 20.3 Å². The van der Waals surface area contributed by atoms with Gasteiger partial charge >= 0.3 is 18.1 Å². The van der Waals surface area contributed by atoms with Crippen LogP contribution < -0.4 is 22.5 Å². The van der Waals surface area contributed by atoms with Crippen LogP contribution in [0.15, 0.2) is 43.7 Å². The van der Waals surface area contributed by atoms with E-state index in [9.17, 15) is 38.7 Å². The van der Waals surface area contributed by atoms with Crippen molar-refractivity contribution < 1.29 is 42.8 Å². The topological polar surface area (TPSA) is 217 Å². The van der Waals surface area contributed by atoms with E-state index in [2.05, 4.69) is 4.98 Å². The van der Waals surface area contributed by atoms with Crippen LogP contribution in [0.3, 0.4) is 0 Å². The zero-order valence-electron chi connectivity index (χ0n) is 19.5. The van der Waals surface area contributed by atoms with Crippen LogP contribution in [0.2, 0.25) is 0 Å². The van der Waals surface area contributed by atoms with Crippen molar-refractivity contribution >= 4 is 18.5 Å². The van der Waals surface area contributed by atoms with Crippen LogP contribution in [0.5, 0.6) is 0 Å². The quantitative estimate of drug-likeness (QED) is 0.189. The molecule has 210 valence electrons. The number of hydrogen-bond acceptors (Lipinski definition) is 12. The van der Waals surface area contributed by atoms with E-state index in [1.54, 1.807) is 0 Å². The molecule has 2 aliphatic heterocycles. The van der Waals surface area contributed by atoms with Gasteiger partial charge in [0.25, 0.3) is 11.1 Å². The standard InChI is InChI=1S/C19H24FN4O12PS/c1-32-15-14(8(6-25)34-17(15)24-5-3-11(27)22-19(24)30)36-37(31,38)33-7-9-13(28)12(20)16(35-9)23-4-2-10(26)21-18(23)29/h2-5,8-9,12-17,25,28H,6-7H2,1H3,(H,31,38)(H,21,26,29)(H,22,27,30)/t8-,9-,12+,13?,14?,15+,16-,17-,37?/m1/s1. The minimum Gasteiger partial charge on any atom is -0.394 e. The summed E-state index contributed by atoms with van der Waals surface area (Å²) in [5.74, 6) is 0. The minimum atomic E-state index is -4.20. The number of aliphatic hydroxyl groups excluding tert-OH is 2. The number of rotatable bonds is 9. The van der Waals surface area contributed by atoms with Crippen LogP contribution in [-0.4, -0.2) is 91.2 Å². The Labute approximate surface area is 216 Å². The monoisotopic (exact) mass is 582 g/mol. The zero-order chi connectivity index (χ0) is 27.8. The second-order valence-corrected chi connectivity index (χ2v) is 11.1. The zero-order valence-corrected chi connectivity index (χ0v) is 21.2. The number of hydrogen-bond donors (Lipinski definition) is 5. The first kappa shape index (κ1) is 28.6. The Balaban J connectivity index is 1.46. The molecule has 0 aliphatic carbocycles. The van der Waals surface area contributed by atoms with Crippen molar-refractivity contribution in [3.63, 3.8) is 0 Å². The number of methoxy groups -OCH3 is 1. The third-order valence-corrected chi connectivity index (χ3v) is 7.50. The molecule has 2 saturated heterocycles. The number of nitrogens with zero attached hydrogens (tertiary/aromatic N) is 2. The van der Waals surface area contributed by atoms with Gasteiger partial charge in [-0.05, 0) is 11.8 Å². The molecule has 0 amide bonds. The third-order valence-electron chi connectivity index (χ3n) is 5.94. The Morgan fingerprint density at radius 1 is 1.03 bits per heavy atom. The highest BCUT2D eigenvalue weighted by Gasteiger charge is 2.50. The average molecular weight is 582 g/mol. The minimum absolute atomic E-state index is 0.641. The lowest BCUT2D eigenvalue weighted by atomic mass is 10.1. The maximum absolute atomic E-state index is 14.7. The van der Waals surface area contributed by atoms with E-state index < -0.39 is 91.6 Å². The maximum atomic E-state index is 14.7. The second-order valence-electron chi connectivity index (χ2n) is 8.32. The van der Waals surface area contributed by atoms with E-state index in [0.717, 1.165) is 33.7 Å². The molecular weight excluding hydrogens is 558 g/mol. The summed E-state index contributed by atoms with van der Waals surface area (Å²) in [6.45, 7) is -5.51. The summed E-state index contributed by atoms with van der Waals surface area (Å²) in [5.41, 5.74) is -3.15. The number of H-pyrrole nitrogens is 2. The van der Waals surface area contributed by atoms with E-state index in [4.69, 9.17) is 35.1 Å². The third kappa shape index (κ3) is 5.79. The van der Waals surface area contributed by atoms with E-state index in [-0.39, 0.29) is 0 Å². The smallest absolute Gasteiger partial charge is 0.330 e. The molecule has 38 heavy (non-hydrogen) atoms. The predicted molar refractivity (Wildman–Crippen MR) is 127 cm³/mol. The van der Waals surface area contributed by atoms with Crippen molar-refractivity contribution in [1.82, 2.24) is 19.1 Å². The van der Waals surface area contributed by atoms with Gasteiger partial charge in [-0.25, -0.2) is 14.0 Å². The molecule has 0 aromatic carbocycles. The number of aromatic nitrogens is 4. The molecule has 16 nitrogen and oxygen atoms in total. The molecule has 4 rings (SSSR count). The molecule has 0 radical (unpaired) electrons. The second kappa shape index (κ2) is 11.4. The molecule has 2 aromatic heterocycles. The highest BCUT2D eigenvalue weighted by Crippen LogP contribution is 2.49. The van der Waals surface area contributed by atoms with Gasteiger partial charge in [0.15, 0.2) is 18.6 Å². The molecule has 3 unspecified atom stereocenters. The Morgan fingerprint density at radius 2 is 1.58 bits per heavy atom. The predicted octanol–water partition coefficient (Wildman–Crippen LogP) is -2.79. The van der Waals surface area contributed by atoms with Crippen LogP contribution in [0.4, 0.5) is 4.39 Å². The van der Waals surface area contributed by atoms with Gasteiger partial charge in [-0.15, -0.1) is 0 Å². The molecule has 9 atom stereocenters. The van der Waals surface area contributed by atoms with Gasteiger partial charge in [-0.2, -0.15) is 0 Å². The molecule has 0 saturated carbocycles. The van der Waals surface area contributed by atoms with Gasteiger partial charge in [0, 0.05) is 31.6 Å². The summed E-state index contributed by atoms with van der Waals surface area (Å²) in [7, 11) is 1.25. The lowest BCUT2D eigenvalue weighted by molar-refractivity contribution is -0.0625. The number of halogens is 1. The van der Waals surface area contributed by atoms with Crippen molar-refractivity contribution in [2.24, 2.45) is 0 Å². The van der Waals surface area contributed by atoms with Gasteiger partial charge in [-0.3, -0.25) is 33.2 Å². The molecule has 19 heteroatoms. The SMILES string of the molecule is CO[C@H]1C(OP(O)(=S)OC[C@H]2O[C@@H](n3ccc(=O)[nH]c3=O)[C@@H](F)C2O)[C@@H](CO)O[C@H]1n1ccc(=O)[nH]c1=O. The van der Waals surface area contributed by atoms with Crippen LogP contribution in [-0.2, 0) is 35.1 Å². The summed E-state index contributed by atoms with van der Waals surface area (Å²) in [4.78, 5) is 61.5. The molecular formula is C19H24FN4O12PS. The Kier molecular flexibility index (Phi) is 8.58. The summed E-state index contributed by atoms with van der Waals surface area (Å²) in [6.07, 6.45) is -9.46. The molecule has 2 fully saturated rings. The number of alkyl halides is 1. The fraction of sp³-hybridized carbons (Fsp3) is 0.579. The Bertz CT molecular complexity index is 1430. The molecule has 2 aromatic rings. The van der Waals surface area contributed by atoms with Crippen LogP contribution >= 0.6 is 6.72 Å². The fourth-order valence-electron chi connectivity index (χ4n) is 4.13. The molecule has 5 N–H and O–H groups in total. The Morgan fingerprint density at radius 3 is 2.11 bits per heavy atom. The lowest BCUT2D eigenvalue weighted by Gasteiger charge is -2.27. The highest BCUT2D eigenvalue weighted by molar-refractivity contribution is 8.07. The molecule has 0 spiro atoms. The van der Waals surface area contributed by atoms with E-state index in [0.29, 0.717) is 0 Å². The fourth-order valence-corrected chi connectivity index (χ4v) is 5.57. The molecule has 4 heterocycles. The average Bonchev–Trinajstić information content (AvgIpc) is 3.34. The van der Waals surface area contributed by atoms with Gasteiger partial charge in [0.2, 0.25) is 0 Å². The van der Waals surface area contributed by atoms with Crippen molar-refractivity contribution in [2.45, 2.75) is 49.1 Å². The largest absolute Gasteiger partial charge is 0.394 e. The molecule has 0 bridgehead atoms. The van der Waals surface area contributed by atoms with Gasteiger partial charge in [0.05, 0.1) is 13.2 Å². The van der Waals surface area contributed by atoms with Crippen molar-refractivity contribution in [3.8, 4) is 0 Å². The van der Waals surface area contributed by atoms with Crippen LogP contribution in [0, 0.1) is 0 Å². The first-order valence-electron chi connectivity index (χ1n) is 11.0. The number of nitrogens with one attached hydrogen (secondary N) is 2. The van der Waals surface area contributed by atoms with E-state index >= 15 is 0 Å². The van der Waals surface area contributed by atoms with Crippen molar-refractivity contribution in [1.29, 1.82) is 0 Å². The highest BCUT2D eigenvalue weighted by atomic mass is 32.5. The molecule has 2 aliphatic rings. The maximum Gasteiger partial charge on any atom is 0.330 e. The van der Waals surface area contributed by atoms with E-state index in [1.165, 1.54) is 7.11 Å². The summed E-state index contributed by atoms with van der Waals surface area (Å²) < 4.78 is 43.6.